The van der Waals surface area contributed by atoms with Crippen LogP contribution in [0.5, 0.6) is 0 Å². The molecule has 14 heavy (non-hydrogen) atoms. The maximum Gasteiger partial charge on any atom is 0.234 e. The highest BCUT2D eigenvalue weighted by Gasteiger charge is 2.21. The lowest BCUT2D eigenvalue weighted by atomic mass is 10.3. The molecule has 2 heterocycles. The summed E-state index contributed by atoms with van der Waals surface area (Å²) in [6, 6.07) is 3.64. The number of anilines is 1. The van der Waals surface area contributed by atoms with E-state index in [-0.39, 0.29) is 11.9 Å². The largest absolute Gasteiger partial charge is 0.391 e. The molecule has 0 amide bonds. The van der Waals surface area contributed by atoms with Crippen LogP contribution in [0.25, 0.3) is 0 Å². The molecule has 0 unspecified atom stereocenters. The van der Waals surface area contributed by atoms with Crippen LogP contribution in [0.15, 0.2) is 12.3 Å². The van der Waals surface area contributed by atoms with Crippen LogP contribution in [0.4, 0.5) is 5.82 Å². The Kier molecular flexibility index (Phi) is 2.29. The monoisotopic (exact) mass is 190 g/mol. The molecule has 0 saturated carbocycles. The zero-order chi connectivity index (χ0) is 9.97. The Morgan fingerprint density at radius 3 is 3.14 bits per heavy atom. The second-order valence-electron chi connectivity index (χ2n) is 3.24. The quantitative estimate of drug-likeness (QED) is 0.670. The SMILES string of the molecule is N#Cc1nccc(N2CC[C@@H](O)C2)n1. The summed E-state index contributed by atoms with van der Waals surface area (Å²) < 4.78 is 0. The van der Waals surface area contributed by atoms with Gasteiger partial charge in [0, 0.05) is 19.3 Å². The van der Waals surface area contributed by atoms with Gasteiger partial charge in [-0.2, -0.15) is 5.26 Å². The van der Waals surface area contributed by atoms with E-state index in [4.69, 9.17) is 5.26 Å². The number of aliphatic hydroxyl groups is 1. The number of aromatic nitrogens is 2. The molecule has 0 radical (unpaired) electrons. The Hall–Kier alpha value is -1.67. The predicted molar refractivity (Wildman–Crippen MR) is 49.6 cm³/mol. The van der Waals surface area contributed by atoms with Gasteiger partial charge in [0.15, 0.2) is 0 Å². The fourth-order valence-electron chi connectivity index (χ4n) is 1.53. The van der Waals surface area contributed by atoms with Crippen molar-refractivity contribution in [2.24, 2.45) is 0 Å². The lowest BCUT2D eigenvalue weighted by molar-refractivity contribution is 0.198. The molecule has 0 aliphatic carbocycles. The lowest BCUT2D eigenvalue weighted by Crippen LogP contribution is -2.22. The zero-order valence-corrected chi connectivity index (χ0v) is 7.59. The third kappa shape index (κ3) is 1.65. The maximum absolute atomic E-state index is 9.34. The number of β-amino-alcohol motifs (C(OH)–C–C–N with tert-alkyl or cyclic N) is 1. The summed E-state index contributed by atoms with van der Waals surface area (Å²) in [5, 5.41) is 18.0. The minimum absolute atomic E-state index is 0.170. The maximum atomic E-state index is 9.34. The van der Waals surface area contributed by atoms with Crippen LogP contribution >= 0.6 is 0 Å². The van der Waals surface area contributed by atoms with Gasteiger partial charge in [0.2, 0.25) is 5.82 Å². The highest BCUT2D eigenvalue weighted by molar-refractivity contribution is 5.40. The molecule has 5 nitrogen and oxygen atoms in total. The van der Waals surface area contributed by atoms with Gasteiger partial charge < -0.3 is 10.0 Å². The Morgan fingerprint density at radius 1 is 1.64 bits per heavy atom. The summed E-state index contributed by atoms with van der Waals surface area (Å²) in [7, 11) is 0. The summed E-state index contributed by atoms with van der Waals surface area (Å²) >= 11 is 0. The van der Waals surface area contributed by atoms with Gasteiger partial charge in [-0.25, -0.2) is 9.97 Å². The van der Waals surface area contributed by atoms with Gasteiger partial charge in [-0.05, 0) is 12.5 Å². The first kappa shape index (κ1) is 8.91. The Bertz CT molecular complexity index is 373. The first-order valence-corrected chi connectivity index (χ1v) is 4.46. The minimum atomic E-state index is -0.282. The number of rotatable bonds is 1. The summed E-state index contributed by atoms with van der Waals surface area (Å²) in [6.07, 6.45) is 2.03. The average molecular weight is 190 g/mol. The summed E-state index contributed by atoms with van der Waals surface area (Å²) in [4.78, 5) is 9.79. The van der Waals surface area contributed by atoms with E-state index in [1.54, 1.807) is 12.3 Å². The fraction of sp³-hybridized carbons (Fsp3) is 0.444. The molecule has 1 aliphatic rings. The van der Waals surface area contributed by atoms with Crippen LogP contribution < -0.4 is 4.90 Å². The van der Waals surface area contributed by atoms with Crippen molar-refractivity contribution in [2.45, 2.75) is 12.5 Å². The van der Waals surface area contributed by atoms with Crippen molar-refractivity contribution < 1.29 is 5.11 Å². The molecule has 72 valence electrons. The van der Waals surface area contributed by atoms with E-state index in [0.717, 1.165) is 13.0 Å². The Balaban J connectivity index is 2.20. The van der Waals surface area contributed by atoms with Crippen LogP contribution in [-0.2, 0) is 0 Å². The predicted octanol–water partition coefficient (Wildman–Crippen LogP) is -0.0807. The number of hydrogen-bond acceptors (Lipinski definition) is 5. The van der Waals surface area contributed by atoms with Gasteiger partial charge in [0.25, 0.3) is 0 Å². The highest BCUT2D eigenvalue weighted by atomic mass is 16.3. The molecular formula is C9H10N4O. The second kappa shape index (κ2) is 3.60. The van der Waals surface area contributed by atoms with Gasteiger partial charge in [-0.3, -0.25) is 0 Å². The van der Waals surface area contributed by atoms with Crippen LogP contribution in [-0.4, -0.2) is 34.3 Å². The van der Waals surface area contributed by atoms with Crippen molar-refractivity contribution >= 4 is 5.82 Å². The molecule has 1 aromatic rings. The van der Waals surface area contributed by atoms with Gasteiger partial charge in [0.05, 0.1) is 6.10 Å². The third-order valence-electron chi connectivity index (χ3n) is 2.23. The van der Waals surface area contributed by atoms with Gasteiger partial charge >= 0.3 is 0 Å². The van der Waals surface area contributed by atoms with Crippen molar-refractivity contribution in [3.05, 3.63) is 18.1 Å². The van der Waals surface area contributed by atoms with Crippen LogP contribution in [0.3, 0.4) is 0 Å². The zero-order valence-electron chi connectivity index (χ0n) is 7.59. The van der Waals surface area contributed by atoms with Crippen molar-refractivity contribution in [2.75, 3.05) is 18.0 Å². The van der Waals surface area contributed by atoms with Gasteiger partial charge in [0.1, 0.15) is 11.9 Å². The van der Waals surface area contributed by atoms with E-state index in [1.165, 1.54) is 0 Å². The van der Waals surface area contributed by atoms with E-state index in [9.17, 15) is 5.11 Å². The Morgan fingerprint density at radius 2 is 2.50 bits per heavy atom. The molecule has 1 N–H and O–H groups in total. The van der Waals surface area contributed by atoms with E-state index in [2.05, 4.69) is 9.97 Å². The molecule has 1 aromatic heterocycles. The third-order valence-corrected chi connectivity index (χ3v) is 2.23. The standard InChI is InChI=1S/C9H10N4O/c10-5-8-11-3-1-9(12-8)13-4-2-7(14)6-13/h1,3,7,14H,2,4,6H2/t7-/m1/s1. The van der Waals surface area contributed by atoms with E-state index >= 15 is 0 Å². The molecule has 0 aromatic carbocycles. The number of nitrogens with zero attached hydrogens (tertiary/aromatic N) is 4. The number of aliphatic hydroxyl groups excluding tert-OH is 1. The first-order valence-electron chi connectivity index (χ1n) is 4.46. The normalized spacial score (nSPS) is 20.9. The van der Waals surface area contributed by atoms with Crippen molar-refractivity contribution in [3.8, 4) is 6.07 Å². The Labute approximate surface area is 81.6 Å². The van der Waals surface area contributed by atoms with Crippen LogP contribution in [0, 0.1) is 11.3 Å². The molecule has 0 spiro atoms. The number of hydrogen-bond donors (Lipinski definition) is 1. The fourth-order valence-corrected chi connectivity index (χ4v) is 1.53. The first-order chi connectivity index (χ1) is 6.79. The van der Waals surface area contributed by atoms with Gasteiger partial charge in [-0.1, -0.05) is 0 Å². The molecule has 1 aliphatic heterocycles. The molecule has 5 heteroatoms. The molecule has 1 saturated heterocycles. The minimum Gasteiger partial charge on any atom is -0.391 e. The van der Waals surface area contributed by atoms with Crippen molar-refractivity contribution in [3.63, 3.8) is 0 Å². The highest BCUT2D eigenvalue weighted by Crippen LogP contribution is 2.17. The van der Waals surface area contributed by atoms with Crippen LogP contribution in [0.2, 0.25) is 0 Å². The van der Waals surface area contributed by atoms with Crippen molar-refractivity contribution in [1.29, 1.82) is 5.26 Å². The smallest absolute Gasteiger partial charge is 0.234 e. The summed E-state index contributed by atoms with van der Waals surface area (Å²) in [5.41, 5.74) is 0. The molecule has 2 rings (SSSR count). The second-order valence-corrected chi connectivity index (χ2v) is 3.24. The van der Waals surface area contributed by atoms with E-state index < -0.39 is 0 Å². The average Bonchev–Trinajstić information content (AvgIpc) is 2.65. The molecule has 0 bridgehead atoms. The molecule has 1 fully saturated rings. The van der Waals surface area contributed by atoms with Gasteiger partial charge in [-0.15, -0.1) is 0 Å². The van der Waals surface area contributed by atoms with E-state index in [0.29, 0.717) is 12.4 Å². The lowest BCUT2D eigenvalue weighted by Gasteiger charge is -2.15. The summed E-state index contributed by atoms with van der Waals surface area (Å²) in [6.45, 7) is 1.37. The summed E-state index contributed by atoms with van der Waals surface area (Å²) in [5.74, 6) is 0.886. The molecule has 1 atom stereocenters. The number of nitriles is 1. The van der Waals surface area contributed by atoms with E-state index in [1.807, 2.05) is 11.0 Å². The van der Waals surface area contributed by atoms with Crippen LogP contribution in [0.1, 0.15) is 12.2 Å². The molecular weight excluding hydrogens is 180 g/mol. The topological polar surface area (TPSA) is 73.0 Å². The van der Waals surface area contributed by atoms with Crippen molar-refractivity contribution in [1.82, 2.24) is 9.97 Å².